The summed E-state index contributed by atoms with van der Waals surface area (Å²) >= 11 is 1.75. The van der Waals surface area contributed by atoms with Crippen LogP contribution in [0.1, 0.15) is 30.7 Å². The lowest BCUT2D eigenvalue weighted by Crippen LogP contribution is -2.36. The third kappa shape index (κ3) is 2.62. The summed E-state index contributed by atoms with van der Waals surface area (Å²) in [4.78, 5) is 6.95. The summed E-state index contributed by atoms with van der Waals surface area (Å²) in [5, 5.41) is 3.29. The molecule has 1 aliphatic rings. The molecule has 2 N–H and O–H groups in total. The molecule has 1 fully saturated rings. The zero-order valence-corrected chi connectivity index (χ0v) is 10.7. The highest BCUT2D eigenvalue weighted by molar-refractivity contribution is 7.09. The van der Waals surface area contributed by atoms with Crippen molar-refractivity contribution in [1.29, 1.82) is 0 Å². The van der Waals surface area contributed by atoms with Crippen LogP contribution in [0.3, 0.4) is 0 Å². The van der Waals surface area contributed by atoms with Gasteiger partial charge in [-0.1, -0.05) is 6.92 Å². The fourth-order valence-electron chi connectivity index (χ4n) is 2.58. The Kier molecular flexibility index (Phi) is 4.32. The quantitative estimate of drug-likeness (QED) is 0.873. The van der Waals surface area contributed by atoms with Crippen molar-refractivity contribution in [1.82, 2.24) is 9.88 Å². The van der Waals surface area contributed by atoms with Gasteiger partial charge in [-0.2, -0.15) is 0 Å². The highest BCUT2D eigenvalue weighted by Gasteiger charge is 2.27. The van der Waals surface area contributed by atoms with Crippen molar-refractivity contribution in [3.8, 4) is 0 Å². The number of hydrogen-bond donors (Lipinski definition) is 1. The van der Waals surface area contributed by atoms with Crippen molar-refractivity contribution in [2.24, 2.45) is 11.7 Å². The van der Waals surface area contributed by atoms with Crippen LogP contribution in [0.25, 0.3) is 0 Å². The average molecular weight is 239 g/mol. The van der Waals surface area contributed by atoms with E-state index in [0.717, 1.165) is 12.5 Å². The van der Waals surface area contributed by atoms with Gasteiger partial charge in [-0.3, -0.25) is 0 Å². The van der Waals surface area contributed by atoms with Gasteiger partial charge in [0.05, 0.1) is 5.01 Å². The van der Waals surface area contributed by atoms with Crippen LogP contribution >= 0.6 is 11.3 Å². The maximum absolute atomic E-state index is 5.92. The number of likely N-dealkylation sites (tertiary alicyclic amines) is 1. The molecule has 0 aliphatic carbocycles. The molecule has 0 aromatic carbocycles. The number of hydrogen-bond acceptors (Lipinski definition) is 4. The van der Waals surface area contributed by atoms with E-state index in [1.54, 1.807) is 11.3 Å². The molecule has 1 aromatic heterocycles. The second-order valence-electron chi connectivity index (χ2n) is 4.48. The maximum Gasteiger partial charge on any atom is 0.0971 e. The largest absolute Gasteiger partial charge is 0.330 e. The topological polar surface area (TPSA) is 42.1 Å². The van der Waals surface area contributed by atoms with E-state index in [1.807, 2.05) is 6.20 Å². The summed E-state index contributed by atoms with van der Waals surface area (Å²) in [6.07, 6.45) is 4.44. The third-order valence-electron chi connectivity index (χ3n) is 3.67. The molecule has 1 atom stereocenters. The SMILES string of the molecule is CCN1CCC(C(CN)c2nccs2)CC1. The van der Waals surface area contributed by atoms with Gasteiger partial charge in [-0.25, -0.2) is 4.98 Å². The van der Waals surface area contributed by atoms with Crippen LogP contribution in [0.2, 0.25) is 0 Å². The monoisotopic (exact) mass is 239 g/mol. The molecule has 0 amide bonds. The van der Waals surface area contributed by atoms with Gasteiger partial charge in [0.1, 0.15) is 0 Å². The van der Waals surface area contributed by atoms with E-state index in [-0.39, 0.29) is 0 Å². The molecule has 1 aromatic rings. The Morgan fingerprint density at radius 3 is 2.81 bits per heavy atom. The van der Waals surface area contributed by atoms with Crippen molar-refractivity contribution in [2.75, 3.05) is 26.2 Å². The van der Waals surface area contributed by atoms with Gasteiger partial charge in [0, 0.05) is 24.0 Å². The van der Waals surface area contributed by atoms with Crippen LogP contribution in [-0.2, 0) is 0 Å². The molecule has 0 bridgehead atoms. The minimum Gasteiger partial charge on any atom is -0.330 e. The predicted molar refractivity (Wildman–Crippen MR) is 68.7 cm³/mol. The normalized spacial score (nSPS) is 21.1. The van der Waals surface area contributed by atoms with E-state index in [9.17, 15) is 0 Å². The van der Waals surface area contributed by atoms with Gasteiger partial charge in [0.25, 0.3) is 0 Å². The van der Waals surface area contributed by atoms with Crippen LogP contribution in [0, 0.1) is 5.92 Å². The smallest absolute Gasteiger partial charge is 0.0971 e. The van der Waals surface area contributed by atoms with Gasteiger partial charge >= 0.3 is 0 Å². The second kappa shape index (κ2) is 5.75. The highest BCUT2D eigenvalue weighted by Crippen LogP contribution is 2.32. The number of nitrogens with zero attached hydrogens (tertiary/aromatic N) is 2. The van der Waals surface area contributed by atoms with E-state index >= 15 is 0 Å². The van der Waals surface area contributed by atoms with Gasteiger partial charge in [-0.15, -0.1) is 11.3 Å². The van der Waals surface area contributed by atoms with Gasteiger partial charge < -0.3 is 10.6 Å². The predicted octanol–water partition coefficient (Wildman–Crippen LogP) is 1.92. The molecule has 1 saturated heterocycles. The molecule has 2 rings (SSSR count). The molecule has 16 heavy (non-hydrogen) atoms. The lowest BCUT2D eigenvalue weighted by molar-refractivity contribution is 0.176. The molecule has 1 aliphatic heterocycles. The molecule has 1 unspecified atom stereocenters. The van der Waals surface area contributed by atoms with E-state index < -0.39 is 0 Å². The Morgan fingerprint density at radius 1 is 1.56 bits per heavy atom. The van der Waals surface area contributed by atoms with Crippen molar-refractivity contribution in [3.63, 3.8) is 0 Å². The lowest BCUT2D eigenvalue weighted by atomic mass is 9.84. The summed E-state index contributed by atoms with van der Waals surface area (Å²) in [5.41, 5.74) is 5.92. The first kappa shape index (κ1) is 12.0. The summed E-state index contributed by atoms with van der Waals surface area (Å²) in [6, 6.07) is 0. The second-order valence-corrected chi connectivity index (χ2v) is 5.41. The van der Waals surface area contributed by atoms with Crippen LogP contribution < -0.4 is 5.73 Å². The number of piperidine rings is 1. The van der Waals surface area contributed by atoms with Gasteiger partial charge in [0.15, 0.2) is 0 Å². The summed E-state index contributed by atoms with van der Waals surface area (Å²) in [5.74, 6) is 1.22. The van der Waals surface area contributed by atoms with Crippen LogP contribution in [-0.4, -0.2) is 36.1 Å². The van der Waals surface area contributed by atoms with Crippen molar-refractivity contribution < 1.29 is 0 Å². The van der Waals surface area contributed by atoms with E-state index in [4.69, 9.17) is 5.73 Å². The minimum absolute atomic E-state index is 0.485. The lowest BCUT2D eigenvalue weighted by Gasteiger charge is -2.34. The van der Waals surface area contributed by atoms with Gasteiger partial charge in [-0.05, 0) is 38.4 Å². The highest BCUT2D eigenvalue weighted by atomic mass is 32.1. The fourth-order valence-corrected chi connectivity index (χ4v) is 3.43. The molecule has 0 saturated carbocycles. The van der Waals surface area contributed by atoms with Crippen molar-refractivity contribution in [2.45, 2.75) is 25.7 Å². The molecule has 3 nitrogen and oxygen atoms in total. The first-order valence-corrected chi connectivity index (χ1v) is 7.05. The van der Waals surface area contributed by atoms with E-state index in [0.29, 0.717) is 5.92 Å². The van der Waals surface area contributed by atoms with Gasteiger partial charge in [0.2, 0.25) is 0 Å². The van der Waals surface area contributed by atoms with E-state index in [2.05, 4.69) is 22.2 Å². The molecule has 90 valence electrons. The Labute approximate surface area is 102 Å². The van der Waals surface area contributed by atoms with Crippen LogP contribution in [0.15, 0.2) is 11.6 Å². The number of nitrogens with two attached hydrogens (primary N) is 1. The van der Waals surface area contributed by atoms with E-state index in [1.165, 1.54) is 37.5 Å². The first-order chi connectivity index (χ1) is 7.85. The molecule has 4 heteroatoms. The number of aromatic nitrogens is 1. The third-order valence-corrected chi connectivity index (χ3v) is 4.58. The Balaban J connectivity index is 1.96. The van der Waals surface area contributed by atoms with Crippen LogP contribution in [0.4, 0.5) is 0 Å². The summed E-state index contributed by atoms with van der Waals surface area (Å²) in [7, 11) is 0. The molecular formula is C12H21N3S. The average Bonchev–Trinajstić information content (AvgIpc) is 2.85. The molecule has 0 radical (unpaired) electrons. The zero-order valence-electron chi connectivity index (χ0n) is 9.93. The minimum atomic E-state index is 0.485. The fraction of sp³-hybridized carbons (Fsp3) is 0.750. The number of thiazole rings is 1. The summed E-state index contributed by atoms with van der Waals surface area (Å²) < 4.78 is 0. The van der Waals surface area contributed by atoms with Crippen molar-refractivity contribution >= 4 is 11.3 Å². The molecular weight excluding hydrogens is 218 g/mol. The standard InChI is InChI=1S/C12H21N3S/c1-2-15-6-3-10(4-7-15)11(9-13)12-14-5-8-16-12/h5,8,10-11H,2-4,6-7,9,13H2,1H3. The van der Waals surface area contributed by atoms with Crippen molar-refractivity contribution in [3.05, 3.63) is 16.6 Å². The Bertz CT molecular complexity index is 291. The first-order valence-electron chi connectivity index (χ1n) is 6.17. The zero-order chi connectivity index (χ0) is 11.4. The Hall–Kier alpha value is -0.450. The Morgan fingerprint density at radius 2 is 2.31 bits per heavy atom. The molecule has 2 heterocycles. The molecule has 0 spiro atoms. The van der Waals surface area contributed by atoms with Crippen LogP contribution in [0.5, 0.6) is 0 Å². The number of rotatable bonds is 4. The summed E-state index contributed by atoms with van der Waals surface area (Å²) in [6.45, 7) is 6.61. The maximum atomic E-state index is 5.92.